The minimum Gasteiger partial charge on any atom is -0.453 e. The molecule has 1 atom stereocenters. The highest BCUT2D eigenvalue weighted by Gasteiger charge is 2.20. The Morgan fingerprint density at radius 3 is 2.61 bits per heavy atom. The fourth-order valence-corrected chi connectivity index (χ4v) is 3.02. The fourth-order valence-electron chi connectivity index (χ4n) is 2.32. The molecule has 28 heavy (non-hydrogen) atoms. The molecule has 9 nitrogen and oxygen atoms in total. The van der Waals surface area contributed by atoms with Crippen LogP contribution in [0.1, 0.15) is 41.4 Å². The van der Waals surface area contributed by atoms with E-state index in [0.717, 1.165) is 0 Å². The number of carbonyl (C=O) groups is 2. The SMILES string of the molecule is C[C@@H](OC(=O)CCC(=O)c1cccs1)c1nnc(-c2ccc([N+](=O)[O-])cc2)o1. The van der Waals surface area contributed by atoms with E-state index in [-0.39, 0.29) is 36.1 Å². The molecule has 0 N–H and O–H groups in total. The summed E-state index contributed by atoms with van der Waals surface area (Å²) in [6.45, 7) is 1.58. The van der Waals surface area contributed by atoms with Crippen LogP contribution in [0.2, 0.25) is 0 Å². The summed E-state index contributed by atoms with van der Waals surface area (Å²) < 4.78 is 10.7. The lowest BCUT2D eigenvalue weighted by atomic mass is 10.2. The highest BCUT2D eigenvalue weighted by Crippen LogP contribution is 2.24. The van der Waals surface area contributed by atoms with Crippen molar-refractivity contribution in [3.63, 3.8) is 0 Å². The standard InChI is InChI=1S/C18H15N3O6S/c1-11(26-16(23)9-8-14(22)15-3-2-10-28-15)17-19-20-18(27-17)12-4-6-13(7-5-12)21(24)25/h2-7,10-11H,8-9H2,1H3/t11-/m1/s1. The van der Waals surface area contributed by atoms with E-state index in [4.69, 9.17) is 9.15 Å². The zero-order valence-electron chi connectivity index (χ0n) is 14.7. The Hall–Kier alpha value is -3.40. The average molecular weight is 401 g/mol. The van der Waals surface area contributed by atoms with Crippen molar-refractivity contribution in [2.75, 3.05) is 0 Å². The second kappa shape index (κ2) is 8.53. The number of aromatic nitrogens is 2. The number of benzene rings is 1. The van der Waals surface area contributed by atoms with Crippen molar-refractivity contribution >= 4 is 28.8 Å². The zero-order valence-corrected chi connectivity index (χ0v) is 15.5. The third-order valence-corrected chi connectivity index (χ3v) is 4.68. The van der Waals surface area contributed by atoms with Crippen molar-refractivity contribution in [1.29, 1.82) is 0 Å². The maximum atomic E-state index is 12.0. The van der Waals surface area contributed by atoms with Gasteiger partial charge in [-0.25, -0.2) is 0 Å². The predicted octanol–water partition coefficient (Wildman–Crippen LogP) is 3.97. The van der Waals surface area contributed by atoms with Gasteiger partial charge in [0.1, 0.15) is 0 Å². The summed E-state index contributed by atoms with van der Waals surface area (Å²) in [5.74, 6) is -0.419. The lowest BCUT2D eigenvalue weighted by Crippen LogP contribution is -2.11. The molecule has 2 heterocycles. The molecule has 0 fully saturated rings. The van der Waals surface area contributed by atoms with E-state index in [2.05, 4.69) is 10.2 Å². The largest absolute Gasteiger partial charge is 0.453 e. The summed E-state index contributed by atoms with van der Waals surface area (Å²) in [5, 5.41) is 20.2. The number of esters is 1. The Morgan fingerprint density at radius 1 is 1.21 bits per heavy atom. The molecule has 10 heteroatoms. The van der Waals surface area contributed by atoms with Crippen LogP contribution in [0.4, 0.5) is 5.69 Å². The first-order valence-corrected chi connectivity index (χ1v) is 9.16. The van der Waals surface area contributed by atoms with Gasteiger partial charge < -0.3 is 9.15 Å². The van der Waals surface area contributed by atoms with Crippen LogP contribution in [0.3, 0.4) is 0 Å². The minimum atomic E-state index is -0.788. The van der Waals surface area contributed by atoms with Gasteiger partial charge in [0.25, 0.3) is 11.6 Å². The Kier molecular flexibility index (Phi) is 5.90. The molecule has 1 aromatic carbocycles. The van der Waals surface area contributed by atoms with Crippen LogP contribution < -0.4 is 0 Å². The van der Waals surface area contributed by atoms with Crippen molar-refractivity contribution in [1.82, 2.24) is 10.2 Å². The smallest absolute Gasteiger partial charge is 0.307 e. The minimum absolute atomic E-state index is 0.0512. The van der Waals surface area contributed by atoms with E-state index < -0.39 is 17.0 Å². The number of nitro benzene ring substituents is 1. The third kappa shape index (κ3) is 4.65. The second-order valence-corrected chi connectivity index (χ2v) is 6.73. The van der Waals surface area contributed by atoms with Gasteiger partial charge in [-0.1, -0.05) is 6.07 Å². The number of ether oxygens (including phenoxy) is 1. The van der Waals surface area contributed by atoms with E-state index >= 15 is 0 Å². The van der Waals surface area contributed by atoms with Gasteiger partial charge in [-0.3, -0.25) is 19.7 Å². The van der Waals surface area contributed by atoms with Crippen LogP contribution in [0, 0.1) is 10.1 Å². The molecule has 2 aromatic heterocycles. The molecule has 0 aliphatic carbocycles. The molecule has 3 aromatic rings. The van der Waals surface area contributed by atoms with Gasteiger partial charge in [0.05, 0.1) is 16.2 Å². The van der Waals surface area contributed by atoms with Crippen LogP contribution in [0.5, 0.6) is 0 Å². The number of nitro groups is 1. The molecule has 0 spiro atoms. The van der Waals surface area contributed by atoms with Crippen LogP contribution in [-0.4, -0.2) is 26.9 Å². The topological polar surface area (TPSA) is 125 Å². The number of Topliss-reactive ketones (excluding diaryl/α,β-unsaturated/α-hetero) is 1. The molecule has 0 radical (unpaired) electrons. The Morgan fingerprint density at radius 2 is 1.96 bits per heavy atom. The van der Waals surface area contributed by atoms with Crippen molar-refractivity contribution in [3.8, 4) is 11.5 Å². The summed E-state index contributed by atoms with van der Waals surface area (Å²) >= 11 is 1.32. The van der Waals surface area contributed by atoms with Gasteiger partial charge in [-0.2, -0.15) is 0 Å². The van der Waals surface area contributed by atoms with Crippen molar-refractivity contribution < 1.29 is 23.7 Å². The molecular formula is C18H15N3O6S. The first-order chi connectivity index (χ1) is 13.4. The van der Waals surface area contributed by atoms with Gasteiger partial charge in [-0.15, -0.1) is 21.5 Å². The third-order valence-electron chi connectivity index (χ3n) is 3.77. The highest BCUT2D eigenvalue weighted by atomic mass is 32.1. The lowest BCUT2D eigenvalue weighted by molar-refractivity contribution is -0.384. The molecule has 0 saturated heterocycles. The molecule has 0 aliphatic rings. The molecule has 0 aliphatic heterocycles. The van der Waals surface area contributed by atoms with E-state index in [1.807, 2.05) is 0 Å². The quantitative estimate of drug-likeness (QED) is 0.240. The van der Waals surface area contributed by atoms with E-state index in [1.165, 1.54) is 35.6 Å². The average Bonchev–Trinajstić information content (AvgIpc) is 3.38. The van der Waals surface area contributed by atoms with E-state index in [0.29, 0.717) is 10.4 Å². The van der Waals surface area contributed by atoms with Crippen LogP contribution in [0.25, 0.3) is 11.5 Å². The van der Waals surface area contributed by atoms with Gasteiger partial charge in [0.15, 0.2) is 11.9 Å². The van der Waals surface area contributed by atoms with Gasteiger partial charge in [0, 0.05) is 24.1 Å². The van der Waals surface area contributed by atoms with Gasteiger partial charge in [-0.05, 0) is 30.5 Å². The second-order valence-electron chi connectivity index (χ2n) is 5.78. The number of thiophene rings is 1. The normalized spacial score (nSPS) is 11.8. The number of carbonyl (C=O) groups excluding carboxylic acids is 2. The summed E-state index contributed by atoms with van der Waals surface area (Å²) in [6, 6.07) is 9.11. The number of non-ortho nitro benzene ring substituents is 1. The first kappa shape index (κ1) is 19.4. The van der Waals surface area contributed by atoms with Gasteiger partial charge >= 0.3 is 5.97 Å². The van der Waals surface area contributed by atoms with Crippen LogP contribution >= 0.6 is 11.3 Å². The molecular weight excluding hydrogens is 386 g/mol. The summed E-state index contributed by atoms with van der Waals surface area (Å²) in [7, 11) is 0. The number of rotatable bonds is 8. The lowest BCUT2D eigenvalue weighted by Gasteiger charge is -2.08. The van der Waals surface area contributed by atoms with Crippen molar-refractivity contribution in [2.45, 2.75) is 25.9 Å². The molecule has 0 unspecified atom stereocenters. The number of hydrogen-bond acceptors (Lipinski definition) is 9. The van der Waals surface area contributed by atoms with Crippen molar-refractivity contribution in [2.24, 2.45) is 0 Å². The number of nitrogens with zero attached hydrogens (tertiary/aromatic N) is 3. The first-order valence-electron chi connectivity index (χ1n) is 8.28. The fraction of sp³-hybridized carbons (Fsp3) is 0.222. The highest BCUT2D eigenvalue weighted by molar-refractivity contribution is 7.12. The summed E-state index contributed by atoms with van der Waals surface area (Å²) in [6.07, 6.45) is -0.780. The summed E-state index contributed by atoms with van der Waals surface area (Å²) in [4.78, 5) is 34.7. The molecule has 0 bridgehead atoms. The van der Waals surface area contributed by atoms with Gasteiger partial charge in [0.2, 0.25) is 5.89 Å². The maximum Gasteiger partial charge on any atom is 0.307 e. The zero-order chi connectivity index (χ0) is 20.1. The number of ketones is 1. The monoisotopic (exact) mass is 401 g/mol. The maximum absolute atomic E-state index is 12.0. The Labute approximate surface area is 163 Å². The molecule has 0 amide bonds. The summed E-state index contributed by atoms with van der Waals surface area (Å²) in [5.41, 5.74) is 0.451. The predicted molar refractivity (Wildman–Crippen MR) is 98.8 cm³/mol. The Balaban J connectivity index is 1.56. The van der Waals surface area contributed by atoms with E-state index in [1.54, 1.807) is 24.4 Å². The Bertz CT molecular complexity index is 981. The molecule has 0 saturated carbocycles. The van der Waals surface area contributed by atoms with Crippen LogP contribution in [0.15, 0.2) is 46.2 Å². The van der Waals surface area contributed by atoms with E-state index in [9.17, 15) is 19.7 Å². The van der Waals surface area contributed by atoms with Crippen molar-refractivity contribution in [3.05, 3.63) is 62.7 Å². The molecule has 3 rings (SSSR count). The number of hydrogen-bond donors (Lipinski definition) is 0. The van der Waals surface area contributed by atoms with Crippen LogP contribution in [-0.2, 0) is 9.53 Å². The molecule has 144 valence electrons.